The van der Waals surface area contributed by atoms with Crippen LogP contribution in [-0.4, -0.2) is 6.61 Å². The van der Waals surface area contributed by atoms with E-state index in [2.05, 4.69) is 6.92 Å². The van der Waals surface area contributed by atoms with Crippen LogP contribution in [0, 0.1) is 12.8 Å². The molecule has 0 aliphatic heterocycles. The van der Waals surface area contributed by atoms with Gasteiger partial charge in [0.1, 0.15) is 5.75 Å². The summed E-state index contributed by atoms with van der Waals surface area (Å²) in [7, 11) is 0. The average molecular weight is 203 g/mol. The number of benzene rings is 1. The van der Waals surface area contributed by atoms with Crippen molar-refractivity contribution in [3.8, 4) is 5.75 Å². The Hall–Kier alpha value is -0.980. The molecule has 1 fully saturated rings. The molecule has 15 heavy (non-hydrogen) atoms. The van der Waals surface area contributed by atoms with E-state index in [4.69, 9.17) is 4.74 Å². The summed E-state index contributed by atoms with van der Waals surface area (Å²) >= 11 is 0. The fraction of sp³-hybridized carbons (Fsp3) is 0.500. The van der Waals surface area contributed by atoms with Crippen molar-refractivity contribution in [3.63, 3.8) is 0 Å². The molecule has 0 N–H and O–H groups in total. The van der Waals surface area contributed by atoms with E-state index in [1.54, 1.807) is 0 Å². The predicted octanol–water partition coefficient (Wildman–Crippen LogP) is 3.83. The van der Waals surface area contributed by atoms with Crippen molar-refractivity contribution in [2.24, 2.45) is 5.92 Å². The summed E-state index contributed by atoms with van der Waals surface area (Å²) in [6, 6.07) is 8.00. The highest BCUT2D eigenvalue weighted by atomic mass is 16.5. The lowest BCUT2D eigenvalue weighted by molar-refractivity contribution is 0.209. The van der Waals surface area contributed by atoms with Crippen LogP contribution >= 0.6 is 0 Å². The molecule has 1 nitrogen and oxygen atoms in total. The van der Waals surface area contributed by atoms with Gasteiger partial charge in [0.25, 0.3) is 0 Å². The first-order valence-corrected chi connectivity index (χ1v) is 5.89. The van der Waals surface area contributed by atoms with Gasteiger partial charge in [0, 0.05) is 0 Å². The van der Waals surface area contributed by atoms with Gasteiger partial charge in [0.05, 0.1) is 6.61 Å². The van der Waals surface area contributed by atoms with Crippen molar-refractivity contribution in [2.45, 2.75) is 32.1 Å². The molecule has 1 saturated carbocycles. The zero-order chi connectivity index (χ0) is 10.5. The Morgan fingerprint density at radius 3 is 2.40 bits per heavy atom. The molecule has 0 spiro atoms. The van der Waals surface area contributed by atoms with Crippen LogP contribution in [0.5, 0.6) is 5.75 Å². The van der Waals surface area contributed by atoms with Crippen molar-refractivity contribution >= 4 is 0 Å². The SMILES string of the molecule is [CH2]c1ccc(OCC2CCCCC2)cc1. The van der Waals surface area contributed by atoms with Crippen LogP contribution in [0.2, 0.25) is 0 Å². The zero-order valence-corrected chi connectivity index (χ0v) is 9.24. The van der Waals surface area contributed by atoms with Gasteiger partial charge in [0.15, 0.2) is 0 Å². The zero-order valence-electron chi connectivity index (χ0n) is 9.24. The molecule has 1 aromatic carbocycles. The standard InChI is InChI=1S/C14H19O/c1-12-7-9-14(10-8-12)15-11-13-5-3-2-4-6-13/h7-10,13H,1-6,11H2. The fourth-order valence-electron chi connectivity index (χ4n) is 2.15. The molecule has 2 rings (SSSR count). The third-order valence-corrected chi connectivity index (χ3v) is 3.13. The monoisotopic (exact) mass is 203 g/mol. The Morgan fingerprint density at radius 2 is 1.73 bits per heavy atom. The third kappa shape index (κ3) is 3.26. The van der Waals surface area contributed by atoms with Gasteiger partial charge in [-0.05, 0) is 43.4 Å². The van der Waals surface area contributed by atoms with E-state index in [0.717, 1.165) is 23.8 Å². The first kappa shape index (κ1) is 10.5. The minimum absolute atomic E-state index is 0.776. The minimum Gasteiger partial charge on any atom is -0.493 e. The molecule has 81 valence electrons. The predicted molar refractivity (Wildman–Crippen MR) is 63.0 cm³/mol. The van der Waals surface area contributed by atoms with Gasteiger partial charge in [-0.1, -0.05) is 31.4 Å². The van der Waals surface area contributed by atoms with Gasteiger partial charge in [0.2, 0.25) is 0 Å². The Bertz CT molecular complexity index is 283. The van der Waals surface area contributed by atoms with Crippen molar-refractivity contribution < 1.29 is 4.74 Å². The van der Waals surface area contributed by atoms with E-state index in [-0.39, 0.29) is 0 Å². The van der Waals surface area contributed by atoms with E-state index in [9.17, 15) is 0 Å². The van der Waals surface area contributed by atoms with Gasteiger partial charge in [-0.15, -0.1) is 0 Å². The topological polar surface area (TPSA) is 9.23 Å². The molecule has 0 heterocycles. The third-order valence-electron chi connectivity index (χ3n) is 3.13. The van der Waals surface area contributed by atoms with E-state index < -0.39 is 0 Å². The van der Waals surface area contributed by atoms with Gasteiger partial charge in [-0.3, -0.25) is 0 Å². The van der Waals surface area contributed by atoms with Crippen molar-refractivity contribution in [3.05, 3.63) is 36.8 Å². The molecule has 0 atom stereocenters. The van der Waals surface area contributed by atoms with Gasteiger partial charge >= 0.3 is 0 Å². The maximum absolute atomic E-state index is 5.77. The Morgan fingerprint density at radius 1 is 1.07 bits per heavy atom. The van der Waals surface area contributed by atoms with E-state index >= 15 is 0 Å². The Kier molecular flexibility index (Phi) is 3.65. The second-order valence-corrected chi connectivity index (χ2v) is 4.46. The molecule has 1 aliphatic carbocycles. The maximum atomic E-state index is 5.77. The van der Waals surface area contributed by atoms with Crippen molar-refractivity contribution in [1.82, 2.24) is 0 Å². The molecule has 1 radical (unpaired) electrons. The molecular weight excluding hydrogens is 184 g/mol. The highest BCUT2D eigenvalue weighted by Crippen LogP contribution is 2.24. The average Bonchev–Trinajstić information content (AvgIpc) is 2.30. The summed E-state index contributed by atoms with van der Waals surface area (Å²) in [6.45, 7) is 4.74. The Labute approximate surface area is 92.5 Å². The second kappa shape index (κ2) is 5.20. The lowest BCUT2D eigenvalue weighted by Crippen LogP contribution is -2.15. The van der Waals surface area contributed by atoms with Crippen LogP contribution in [0.1, 0.15) is 37.7 Å². The smallest absolute Gasteiger partial charge is 0.119 e. The molecular formula is C14H19O. The molecule has 0 bridgehead atoms. The number of hydrogen-bond acceptors (Lipinski definition) is 1. The van der Waals surface area contributed by atoms with Gasteiger partial charge in [-0.2, -0.15) is 0 Å². The summed E-state index contributed by atoms with van der Waals surface area (Å²) in [6.07, 6.45) is 6.85. The summed E-state index contributed by atoms with van der Waals surface area (Å²) < 4.78 is 5.77. The Balaban J connectivity index is 1.79. The largest absolute Gasteiger partial charge is 0.493 e. The number of rotatable bonds is 3. The summed E-state index contributed by atoms with van der Waals surface area (Å²) in [5, 5.41) is 0. The minimum atomic E-state index is 0.776. The fourth-order valence-corrected chi connectivity index (χ4v) is 2.15. The van der Waals surface area contributed by atoms with Crippen LogP contribution in [0.15, 0.2) is 24.3 Å². The van der Waals surface area contributed by atoms with E-state index in [1.165, 1.54) is 32.1 Å². The van der Waals surface area contributed by atoms with Crippen LogP contribution < -0.4 is 4.74 Å². The molecule has 0 unspecified atom stereocenters. The first-order chi connectivity index (χ1) is 7.34. The van der Waals surface area contributed by atoms with Crippen LogP contribution in [0.4, 0.5) is 0 Å². The van der Waals surface area contributed by atoms with Crippen molar-refractivity contribution in [2.75, 3.05) is 6.61 Å². The summed E-state index contributed by atoms with van der Waals surface area (Å²) in [4.78, 5) is 0. The maximum Gasteiger partial charge on any atom is 0.119 e. The van der Waals surface area contributed by atoms with Crippen molar-refractivity contribution in [1.29, 1.82) is 0 Å². The molecule has 0 amide bonds. The van der Waals surface area contributed by atoms with E-state index in [1.807, 2.05) is 24.3 Å². The molecule has 1 aromatic rings. The lowest BCUT2D eigenvalue weighted by atomic mass is 9.90. The van der Waals surface area contributed by atoms with Crippen LogP contribution in [0.3, 0.4) is 0 Å². The number of hydrogen-bond donors (Lipinski definition) is 0. The highest BCUT2D eigenvalue weighted by Gasteiger charge is 2.13. The first-order valence-electron chi connectivity index (χ1n) is 5.89. The van der Waals surface area contributed by atoms with Gasteiger partial charge < -0.3 is 4.74 Å². The molecule has 1 heteroatoms. The number of ether oxygens (including phenoxy) is 1. The van der Waals surface area contributed by atoms with Crippen LogP contribution in [-0.2, 0) is 0 Å². The lowest BCUT2D eigenvalue weighted by Gasteiger charge is -2.21. The van der Waals surface area contributed by atoms with E-state index in [0.29, 0.717) is 0 Å². The second-order valence-electron chi connectivity index (χ2n) is 4.46. The quantitative estimate of drug-likeness (QED) is 0.725. The summed E-state index contributed by atoms with van der Waals surface area (Å²) in [5.41, 5.74) is 1.04. The molecule has 1 aliphatic rings. The molecule has 0 saturated heterocycles. The highest BCUT2D eigenvalue weighted by molar-refractivity contribution is 5.28. The van der Waals surface area contributed by atoms with Crippen LogP contribution in [0.25, 0.3) is 0 Å². The molecule has 0 aromatic heterocycles. The summed E-state index contributed by atoms with van der Waals surface area (Å²) in [5.74, 6) is 1.76. The van der Waals surface area contributed by atoms with Gasteiger partial charge in [-0.25, -0.2) is 0 Å². The normalized spacial score (nSPS) is 17.7.